The minimum absolute atomic E-state index is 0.157. The zero-order chi connectivity index (χ0) is 22.7. The molecular weight excluding hydrogens is 402 g/mol. The summed E-state index contributed by atoms with van der Waals surface area (Å²) in [6.45, 7) is 6.38. The van der Waals surface area contributed by atoms with Gasteiger partial charge >= 0.3 is 0 Å². The van der Waals surface area contributed by atoms with E-state index in [2.05, 4.69) is 42.5 Å². The molecule has 2 heterocycles. The largest absolute Gasteiger partial charge is 0.464 e. The van der Waals surface area contributed by atoms with Crippen molar-refractivity contribution in [2.24, 2.45) is 0 Å². The van der Waals surface area contributed by atoms with Crippen LogP contribution in [0.2, 0.25) is 0 Å². The number of hydrogen-bond donors (Lipinski definition) is 2. The van der Waals surface area contributed by atoms with Gasteiger partial charge in [-0.2, -0.15) is 0 Å². The second-order valence-corrected chi connectivity index (χ2v) is 8.12. The van der Waals surface area contributed by atoms with Gasteiger partial charge < -0.3 is 15.1 Å². The molecule has 4 rings (SSSR count). The summed E-state index contributed by atoms with van der Waals surface area (Å²) in [5, 5.41) is 6.69. The molecule has 0 saturated heterocycles. The number of hydrogen-bond acceptors (Lipinski definition) is 4. The predicted molar refractivity (Wildman–Crippen MR) is 126 cm³/mol. The molecule has 2 aromatic carbocycles. The predicted octanol–water partition coefficient (Wildman–Crippen LogP) is 5.69. The molecule has 0 saturated carbocycles. The van der Waals surface area contributed by atoms with Crippen LogP contribution in [0.5, 0.6) is 0 Å². The lowest BCUT2D eigenvalue weighted by molar-refractivity contribution is -0.115. The summed E-state index contributed by atoms with van der Waals surface area (Å²) < 4.78 is 5.69. The third-order valence-corrected chi connectivity index (χ3v) is 5.34. The molecule has 32 heavy (non-hydrogen) atoms. The van der Waals surface area contributed by atoms with E-state index in [0.717, 1.165) is 16.5 Å². The number of nitrogens with zero attached hydrogens (tertiary/aromatic N) is 1. The molecule has 0 aliphatic carbocycles. The number of pyridine rings is 1. The fourth-order valence-corrected chi connectivity index (χ4v) is 3.76. The van der Waals surface area contributed by atoms with Gasteiger partial charge in [0, 0.05) is 34.7 Å². The number of rotatable bonds is 6. The number of aromatic nitrogens is 1. The Hall–Kier alpha value is -3.93. The molecule has 0 fully saturated rings. The topological polar surface area (TPSA) is 84.2 Å². The van der Waals surface area contributed by atoms with E-state index in [4.69, 9.17) is 4.42 Å². The minimum Gasteiger partial charge on any atom is -0.464 e. The van der Waals surface area contributed by atoms with Crippen molar-refractivity contribution in [3.63, 3.8) is 0 Å². The van der Waals surface area contributed by atoms with Gasteiger partial charge in [0.25, 0.3) is 5.91 Å². The molecule has 162 valence electrons. The first-order valence-electron chi connectivity index (χ1n) is 10.5. The summed E-state index contributed by atoms with van der Waals surface area (Å²) in [6.07, 6.45) is 4.96. The first-order valence-corrected chi connectivity index (χ1v) is 10.5. The molecule has 4 aromatic rings. The van der Waals surface area contributed by atoms with E-state index in [1.807, 2.05) is 6.07 Å². The highest BCUT2D eigenvalue weighted by molar-refractivity contribution is 6.04. The average Bonchev–Trinajstić information content (AvgIpc) is 3.15. The number of carbonyl (C=O) groups is 2. The van der Waals surface area contributed by atoms with Crippen molar-refractivity contribution < 1.29 is 14.0 Å². The fourth-order valence-electron chi connectivity index (χ4n) is 3.76. The number of benzene rings is 2. The normalized spacial score (nSPS) is 11.0. The number of nitrogens with one attached hydrogen (secondary N) is 2. The zero-order valence-corrected chi connectivity index (χ0v) is 18.3. The lowest BCUT2D eigenvalue weighted by Gasteiger charge is -2.10. The Bertz CT molecular complexity index is 1280. The zero-order valence-electron chi connectivity index (χ0n) is 18.3. The SMILES string of the molecule is Cc1cc2occ(CC(=O)Nc3cccc(NC(=O)c4cccnc4)c3)c2cc1C(C)C. The quantitative estimate of drug-likeness (QED) is 0.414. The molecule has 0 radical (unpaired) electrons. The highest BCUT2D eigenvalue weighted by atomic mass is 16.3. The molecule has 2 aromatic heterocycles. The number of carbonyl (C=O) groups excluding carboxylic acids is 2. The Labute approximate surface area is 186 Å². The van der Waals surface area contributed by atoms with Crippen molar-refractivity contribution in [3.8, 4) is 0 Å². The van der Waals surface area contributed by atoms with Gasteiger partial charge in [0.1, 0.15) is 5.58 Å². The summed E-state index contributed by atoms with van der Waals surface area (Å²) in [5.41, 5.74) is 5.72. The first-order chi connectivity index (χ1) is 15.4. The Morgan fingerprint density at radius 2 is 1.81 bits per heavy atom. The van der Waals surface area contributed by atoms with Crippen LogP contribution in [0.3, 0.4) is 0 Å². The van der Waals surface area contributed by atoms with E-state index >= 15 is 0 Å². The third kappa shape index (κ3) is 4.70. The van der Waals surface area contributed by atoms with Gasteiger partial charge in [-0.25, -0.2) is 0 Å². The van der Waals surface area contributed by atoms with Crippen molar-refractivity contribution in [2.45, 2.75) is 33.1 Å². The molecule has 0 aliphatic rings. The summed E-state index contributed by atoms with van der Waals surface area (Å²) >= 11 is 0. The van der Waals surface area contributed by atoms with E-state index < -0.39 is 0 Å². The van der Waals surface area contributed by atoms with Crippen LogP contribution in [0.25, 0.3) is 11.0 Å². The Morgan fingerprint density at radius 1 is 1.03 bits per heavy atom. The molecule has 0 aliphatic heterocycles. The standard InChI is InChI=1S/C26H25N3O3/c1-16(2)22-13-23-19(15-32-24(23)10-17(22)3)11-25(30)28-20-7-4-8-21(12-20)29-26(31)18-6-5-9-27-14-18/h4-10,12-16H,11H2,1-3H3,(H,28,30)(H,29,31). The molecular formula is C26H25N3O3. The lowest BCUT2D eigenvalue weighted by Crippen LogP contribution is -2.15. The second-order valence-electron chi connectivity index (χ2n) is 8.12. The van der Waals surface area contributed by atoms with E-state index in [0.29, 0.717) is 22.9 Å². The maximum atomic E-state index is 12.7. The van der Waals surface area contributed by atoms with Crippen molar-refractivity contribution in [1.82, 2.24) is 4.98 Å². The van der Waals surface area contributed by atoms with Gasteiger partial charge in [0.05, 0.1) is 18.2 Å². The van der Waals surface area contributed by atoms with Crippen molar-refractivity contribution >= 4 is 34.2 Å². The summed E-state index contributed by atoms with van der Waals surface area (Å²) in [6, 6.07) is 14.6. The van der Waals surface area contributed by atoms with Crippen LogP contribution in [0.15, 0.2) is 71.6 Å². The number of fused-ring (bicyclic) bond motifs is 1. The van der Waals surface area contributed by atoms with Crippen LogP contribution >= 0.6 is 0 Å². The van der Waals surface area contributed by atoms with Gasteiger partial charge in [-0.05, 0) is 66.4 Å². The third-order valence-electron chi connectivity index (χ3n) is 5.34. The Balaban J connectivity index is 1.46. The van der Waals surface area contributed by atoms with Crippen molar-refractivity contribution in [3.05, 3.63) is 89.4 Å². The molecule has 0 bridgehead atoms. The Kier molecular flexibility index (Phi) is 6.03. The second kappa shape index (κ2) is 9.06. The van der Waals surface area contributed by atoms with Crippen LogP contribution in [-0.4, -0.2) is 16.8 Å². The van der Waals surface area contributed by atoms with Gasteiger partial charge in [0.2, 0.25) is 5.91 Å². The number of amides is 2. The first kappa shape index (κ1) is 21.3. The van der Waals surface area contributed by atoms with Gasteiger partial charge in [-0.15, -0.1) is 0 Å². The van der Waals surface area contributed by atoms with E-state index in [-0.39, 0.29) is 18.2 Å². The Morgan fingerprint density at radius 3 is 2.53 bits per heavy atom. The smallest absolute Gasteiger partial charge is 0.257 e. The van der Waals surface area contributed by atoms with Gasteiger partial charge in [0.15, 0.2) is 0 Å². The molecule has 0 spiro atoms. The van der Waals surface area contributed by atoms with Crippen LogP contribution in [-0.2, 0) is 11.2 Å². The fraction of sp³-hybridized carbons (Fsp3) is 0.192. The van der Waals surface area contributed by atoms with E-state index in [9.17, 15) is 9.59 Å². The van der Waals surface area contributed by atoms with Crippen LogP contribution in [0.1, 0.15) is 46.8 Å². The maximum Gasteiger partial charge on any atom is 0.257 e. The lowest BCUT2D eigenvalue weighted by atomic mass is 9.95. The summed E-state index contributed by atoms with van der Waals surface area (Å²) in [7, 11) is 0. The maximum absolute atomic E-state index is 12.7. The molecule has 0 atom stereocenters. The van der Waals surface area contributed by atoms with E-state index in [1.54, 1.807) is 48.9 Å². The van der Waals surface area contributed by atoms with E-state index in [1.165, 1.54) is 17.3 Å². The minimum atomic E-state index is -0.261. The van der Waals surface area contributed by atoms with Gasteiger partial charge in [-0.1, -0.05) is 19.9 Å². The van der Waals surface area contributed by atoms with Crippen LogP contribution < -0.4 is 10.6 Å². The number of aryl methyl sites for hydroxylation is 1. The highest BCUT2D eigenvalue weighted by Crippen LogP contribution is 2.29. The monoisotopic (exact) mass is 427 g/mol. The highest BCUT2D eigenvalue weighted by Gasteiger charge is 2.14. The molecule has 6 nitrogen and oxygen atoms in total. The number of anilines is 2. The van der Waals surface area contributed by atoms with Crippen LogP contribution in [0.4, 0.5) is 11.4 Å². The average molecular weight is 428 g/mol. The van der Waals surface area contributed by atoms with Crippen molar-refractivity contribution in [1.29, 1.82) is 0 Å². The van der Waals surface area contributed by atoms with Gasteiger partial charge in [-0.3, -0.25) is 14.6 Å². The number of furan rings is 1. The van der Waals surface area contributed by atoms with Crippen LogP contribution in [0, 0.1) is 6.92 Å². The molecule has 2 N–H and O–H groups in total. The molecule has 2 amide bonds. The molecule has 0 unspecified atom stereocenters. The summed E-state index contributed by atoms with van der Waals surface area (Å²) in [5.74, 6) is -0.0293. The van der Waals surface area contributed by atoms with Crippen molar-refractivity contribution in [2.75, 3.05) is 10.6 Å². The summed E-state index contributed by atoms with van der Waals surface area (Å²) in [4.78, 5) is 29.0. The molecule has 6 heteroatoms.